The van der Waals surface area contributed by atoms with Gasteiger partial charge in [-0.15, -0.1) is 0 Å². The molecule has 0 saturated heterocycles. The first-order valence-corrected chi connectivity index (χ1v) is 11.5. The van der Waals surface area contributed by atoms with Gasteiger partial charge >= 0.3 is 0 Å². The number of para-hydroxylation sites is 1. The first-order chi connectivity index (χ1) is 16.6. The van der Waals surface area contributed by atoms with Gasteiger partial charge in [-0.1, -0.05) is 41.9 Å². The van der Waals surface area contributed by atoms with Gasteiger partial charge in [-0.2, -0.15) is 5.10 Å². The standard InChI is InChI=1S/C26H21BrClN3O3/c1-33-24-14-19(21(27)15-25(24)34-17-18-8-2-4-10-22(18)28)16-29-30-26(32)20-9-3-5-11-23(20)31-12-6-7-13-31/h2-16H,17H2,1H3,(H,30,32)/b29-16-. The molecule has 0 aliphatic rings. The van der Waals surface area contributed by atoms with Gasteiger partial charge < -0.3 is 14.0 Å². The van der Waals surface area contributed by atoms with Gasteiger partial charge in [0.2, 0.25) is 0 Å². The zero-order valence-corrected chi connectivity index (χ0v) is 20.6. The Morgan fingerprint density at radius 3 is 2.56 bits per heavy atom. The quantitative estimate of drug-likeness (QED) is 0.213. The monoisotopic (exact) mass is 537 g/mol. The van der Waals surface area contributed by atoms with Crippen molar-refractivity contribution in [3.8, 4) is 17.2 Å². The summed E-state index contributed by atoms with van der Waals surface area (Å²) in [6, 6.07) is 22.2. The molecule has 0 fully saturated rings. The fraction of sp³-hybridized carbons (Fsp3) is 0.0769. The Morgan fingerprint density at radius 1 is 1.06 bits per heavy atom. The van der Waals surface area contributed by atoms with Crippen LogP contribution in [-0.4, -0.2) is 23.8 Å². The molecule has 0 saturated carbocycles. The maximum atomic E-state index is 12.8. The SMILES string of the molecule is COc1cc(/C=N\NC(=O)c2ccccc2-n2cccc2)c(Br)cc1OCc1ccccc1Cl. The number of nitrogens with one attached hydrogen (secondary N) is 1. The minimum absolute atomic E-state index is 0.298. The highest BCUT2D eigenvalue weighted by atomic mass is 79.9. The first-order valence-electron chi connectivity index (χ1n) is 10.4. The molecule has 1 heterocycles. The number of hydrogen-bond acceptors (Lipinski definition) is 4. The van der Waals surface area contributed by atoms with E-state index in [9.17, 15) is 4.79 Å². The van der Waals surface area contributed by atoms with E-state index in [4.69, 9.17) is 21.1 Å². The molecule has 0 unspecified atom stereocenters. The molecule has 172 valence electrons. The third-order valence-electron chi connectivity index (χ3n) is 5.02. The lowest BCUT2D eigenvalue weighted by Gasteiger charge is -2.13. The third kappa shape index (κ3) is 5.50. The molecular formula is C26H21BrClN3O3. The predicted molar refractivity (Wildman–Crippen MR) is 137 cm³/mol. The summed E-state index contributed by atoms with van der Waals surface area (Å²) in [4.78, 5) is 12.8. The molecule has 1 N–H and O–H groups in total. The fourth-order valence-electron chi connectivity index (χ4n) is 3.30. The second-order valence-electron chi connectivity index (χ2n) is 7.21. The van der Waals surface area contributed by atoms with E-state index in [1.807, 2.05) is 71.6 Å². The average molecular weight is 539 g/mol. The molecular weight excluding hydrogens is 518 g/mol. The van der Waals surface area contributed by atoms with E-state index in [0.29, 0.717) is 34.3 Å². The lowest BCUT2D eigenvalue weighted by atomic mass is 10.1. The van der Waals surface area contributed by atoms with Crippen molar-refractivity contribution >= 4 is 39.7 Å². The molecule has 8 heteroatoms. The molecule has 0 atom stereocenters. The van der Waals surface area contributed by atoms with Gasteiger partial charge in [-0.3, -0.25) is 4.79 Å². The molecule has 34 heavy (non-hydrogen) atoms. The Kier molecular flexibility index (Phi) is 7.67. The Morgan fingerprint density at radius 2 is 1.79 bits per heavy atom. The van der Waals surface area contributed by atoms with Crippen molar-refractivity contribution < 1.29 is 14.3 Å². The smallest absolute Gasteiger partial charge is 0.273 e. The molecule has 0 aliphatic carbocycles. The number of benzene rings is 3. The molecule has 1 aromatic heterocycles. The topological polar surface area (TPSA) is 64.8 Å². The molecule has 0 bridgehead atoms. The van der Waals surface area contributed by atoms with Crippen molar-refractivity contribution in [1.29, 1.82) is 0 Å². The number of hydrazone groups is 1. The summed E-state index contributed by atoms with van der Waals surface area (Å²) in [6.45, 7) is 0.298. The summed E-state index contributed by atoms with van der Waals surface area (Å²) in [5.74, 6) is 0.764. The number of carbonyl (C=O) groups is 1. The minimum Gasteiger partial charge on any atom is -0.493 e. The van der Waals surface area contributed by atoms with Crippen LogP contribution in [0.5, 0.6) is 11.5 Å². The highest BCUT2D eigenvalue weighted by Crippen LogP contribution is 2.34. The number of rotatable bonds is 8. The van der Waals surface area contributed by atoms with Crippen LogP contribution in [0.3, 0.4) is 0 Å². The van der Waals surface area contributed by atoms with Crippen LogP contribution in [0.15, 0.2) is 94.8 Å². The molecule has 4 aromatic rings. The maximum Gasteiger partial charge on any atom is 0.273 e. The molecule has 0 spiro atoms. The van der Waals surface area contributed by atoms with Crippen LogP contribution in [0, 0.1) is 0 Å². The Bertz CT molecular complexity index is 1320. The zero-order chi connectivity index (χ0) is 23.9. The number of nitrogens with zero attached hydrogens (tertiary/aromatic N) is 2. The molecule has 0 aliphatic heterocycles. The van der Waals surface area contributed by atoms with Gasteiger partial charge in [0.1, 0.15) is 6.61 Å². The van der Waals surface area contributed by atoms with E-state index in [2.05, 4.69) is 26.5 Å². The van der Waals surface area contributed by atoms with Crippen LogP contribution < -0.4 is 14.9 Å². The second-order valence-corrected chi connectivity index (χ2v) is 8.47. The Balaban J connectivity index is 1.47. The van der Waals surface area contributed by atoms with E-state index < -0.39 is 0 Å². The number of halogens is 2. The number of ether oxygens (including phenoxy) is 2. The van der Waals surface area contributed by atoms with Crippen LogP contribution in [0.1, 0.15) is 21.5 Å². The summed E-state index contributed by atoms with van der Waals surface area (Å²) in [7, 11) is 1.56. The number of aromatic nitrogens is 1. The molecule has 3 aromatic carbocycles. The van der Waals surface area contributed by atoms with Crippen molar-refractivity contribution in [1.82, 2.24) is 9.99 Å². The van der Waals surface area contributed by atoms with E-state index in [1.165, 1.54) is 0 Å². The Labute approximate surface area is 210 Å². The highest BCUT2D eigenvalue weighted by Gasteiger charge is 2.13. The van der Waals surface area contributed by atoms with E-state index >= 15 is 0 Å². The van der Waals surface area contributed by atoms with E-state index in [0.717, 1.165) is 15.7 Å². The lowest BCUT2D eigenvalue weighted by Crippen LogP contribution is -2.19. The maximum absolute atomic E-state index is 12.8. The van der Waals surface area contributed by atoms with Gasteiger partial charge in [-0.05, 0) is 58.4 Å². The molecule has 0 radical (unpaired) electrons. The van der Waals surface area contributed by atoms with E-state index in [-0.39, 0.29) is 5.91 Å². The van der Waals surface area contributed by atoms with Gasteiger partial charge in [0, 0.05) is 33.0 Å². The summed E-state index contributed by atoms with van der Waals surface area (Å²) in [6.07, 6.45) is 5.31. The van der Waals surface area contributed by atoms with Crippen LogP contribution >= 0.6 is 27.5 Å². The number of methoxy groups -OCH3 is 1. The van der Waals surface area contributed by atoms with Crippen LogP contribution in [-0.2, 0) is 6.61 Å². The van der Waals surface area contributed by atoms with Crippen LogP contribution in [0.2, 0.25) is 5.02 Å². The van der Waals surface area contributed by atoms with Gasteiger partial charge in [0.25, 0.3) is 5.91 Å². The van der Waals surface area contributed by atoms with Gasteiger partial charge in [0.05, 0.1) is 24.6 Å². The fourth-order valence-corrected chi connectivity index (χ4v) is 3.91. The number of hydrogen-bond donors (Lipinski definition) is 1. The molecule has 6 nitrogen and oxygen atoms in total. The van der Waals surface area contributed by atoms with Crippen LogP contribution in [0.25, 0.3) is 5.69 Å². The lowest BCUT2D eigenvalue weighted by molar-refractivity contribution is 0.0955. The first kappa shape index (κ1) is 23.6. The van der Waals surface area contributed by atoms with Crippen LogP contribution in [0.4, 0.5) is 0 Å². The van der Waals surface area contributed by atoms with Crippen molar-refractivity contribution in [3.63, 3.8) is 0 Å². The summed E-state index contributed by atoms with van der Waals surface area (Å²) >= 11 is 9.74. The third-order valence-corrected chi connectivity index (χ3v) is 6.08. The number of carbonyl (C=O) groups excluding carboxylic acids is 1. The predicted octanol–water partition coefficient (Wildman–Crippen LogP) is 6.24. The minimum atomic E-state index is -0.316. The zero-order valence-electron chi connectivity index (χ0n) is 18.2. The summed E-state index contributed by atoms with van der Waals surface area (Å²) in [5, 5.41) is 4.77. The largest absolute Gasteiger partial charge is 0.493 e. The highest BCUT2D eigenvalue weighted by molar-refractivity contribution is 9.10. The Hall–Kier alpha value is -3.55. The molecule has 4 rings (SSSR count). The molecule has 1 amide bonds. The summed E-state index contributed by atoms with van der Waals surface area (Å²) < 4.78 is 14.0. The normalized spacial score (nSPS) is 10.9. The van der Waals surface area contributed by atoms with Gasteiger partial charge in [-0.25, -0.2) is 5.43 Å². The summed E-state index contributed by atoms with van der Waals surface area (Å²) in [5.41, 5.74) is 5.45. The van der Waals surface area contributed by atoms with Crippen molar-refractivity contribution in [2.75, 3.05) is 7.11 Å². The number of amides is 1. The van der Waals surface area contributed by atoms with Crippen molar-refractivity contribution in [2.24, 2.45) is 5.10 Å². The van der Waals surface area contributed by atoms with Crippen molar-refractivity contribution in [2.45, 2.75) is 6.61 Å². The van der Waals surface area contributed by atoms with E-state index in [1.54, 1.807) is 31.5 Å². The second kappa shape index (κ2) is 11.0. The average Bonchev–Trinajstić information content (AvgIpc) is 3.39. The van der Waals surface area contributed by atoms with Gasteiger partial charge in [0.15, 0.2) is 11.5 Å². The van der Waals surface area contributed by atoms with Crippen molar-refractivity contribution in [3.05, 3.63) is 111 Å².